The molecule has 100 valence electrons. The van der Waals surface area contributed by atoms with Crippen molar-refractivity contribution in [2.45, 2.75) is 41.9 Å². The average Bonchev–Trinajstić information content (AvgIpc) is 2.32. The summed E-state index contributed by atoms with van der Waals surface area (Å²) in [6, 6.07) is 4.16. The smallest absolute Gasteiger partial charge is 0.184 e. The third-order valence-corrected chi connectivity index (χ3v) is 6.36. The van der Waals surface area contributed by atoms with Crippen LogP contribution in [-0.4, -0.2) is 19.7 Å². The first-order valence-electron chi connectivity index (χ1n) is 5.87. The molecule has 1 aliphatic rings. The van der Waals surface area contributed by atoms with E-state index in [9.17, 15) is 8.42 Å². The Balaban J connectivity index is 2.44. The molecule has 3 nitrogen and oxygen atoms in total. The Bertz CT molecular complexity index is 545. The summed E-state index contributed by atoms with van der Waals surface area (Å²) in [6.07, 6.45) is 3.20. The van der Waals surface area contributed by atoms with Crippen LogP contribution in [0.3, 0.4) is 0 Å². The number of sulfone groups is 1. The second kappa shape index (κ2) is 5.37. The molecule has 1 saturated carbocycles. The van der Waals surface area contributed by atoms with Gasteiger partial charge >= 0.3 is 0 Å². The van der Waals surface area contributed by atoms with Gasteiger partial charge in [0.2, 0.25) is 0 Å². The van der Waals surface area contributed by atoms with Gasteiger partial charge in [-0.2, -0.15) is 0 Å². The summed E-state index contributed by atoms with van der Waals surface area (Å²) in [5, 5.41) is 0.0155. The lowest BCUT2D eigenvalue weighted by Gasteiger charge is -2.28. The third kappa shape index (κ3) is 2.67. The number of hydrogen-bond donors (Lipinski definition) is 1. The number of benzene rings is 1. The van der Waals surface area contributed by atoms with Crippen molar-refractivity contribution in [2.75, 3.05) is 0 Å². The molecule has 18 heavy (non-hydrogen) atoms. The number of halogens is 2. The Morgan fingerprint density at radius 2 is 1.83 bits per heavy atom. The second-order valence-corrected chi connectivity index (χ2v) is 7.59. The minimum atomic E-state index is -3.51. The van der Waals surface area contributed by atoms with Gasteiger partial charge in [0.05, 0.1) is 15.2 Å². The molecular weight excluding hydrogens is 293 g/mol. The van der Waals surface area contributed by atoms with Gasteiger partial charge in [-0.25, -0.2) is 8.42 Å². The molecule has 1 aromatic carbocycles. The molecule has 0 spiro atoms. The molecule has 0 radical (unpaired) electrons. The lowest BCUT2D eigenvalue weighted by molar-refractivity contribution is 0.432. The van der Waals surface area contributed by atoms with E-state index in [-0.39, 0.29) is 16.0 Å². The van der Waals surface area contributed by atoms with Gasteiger partial charge in [0.1, 0.15) is 0 Å². The summed E-state index contributed by atoms with van der Waals surface area (Å²) in [7, 11) is -3.51. The summed E-state index contributed by atoms with van der Waals surface area (Å²) in [4.78, 5) is 0.0963. The van der Waals surface area contributed by atoms with Gasteiger partial charge in [0.15, 0.2) is 9.84 Å². The zero-order chi connectivity index (χ0) is 13.3. The molecule has 1 aromatic rings. The van der Waals surface area contributed by atoms with Gasteiger partial charge < -0.3 is 5.73 Å². The molecule has 2 N–H and O–H groups in total. The van der Waals surface area contributed by atoms with Crippen molar-refractivity contribution in [1.29, 1.82) is 0 Å². The zero-order valence-corrected chi connectivity index (χ0v) is 12.1. The summed E-state index contributed by atoms with van der Waals surface area (Å²) in [5.41, 5.74) is 5.94. The molecule has 1 aliphatic carbocycles. The van der Waals surface area contributed by atoms with E-state index in [2.05, 4.69) is 0 Å². The van der Waals surface area contributed by atoms with Crippen LogP contribution in [0.2, 0.25) is 10.0 Å². The quantitative estimate of drug-likeness (QED) is 0.913. The number of hydrogen-bond acceptors (Lipinski definition) is 3. The van der Waals surface area contributed by atoms with Gasteiger partial charge in [-0.05, 0) is 31.0 Å². The first-order chi connectivity index (χ1) is 8.43. The number of rotatable bonds is 2. The summed E-state index contributed by atoms with van der Waals surface area (Å²) in [6.45, 7) is 0. The van der Waals surface area contributed by atoms with Crippen LogP contribution in [0.5, 0.6) is 0 Å². The van der Waals surface area contributed by atoms with Crippen molar-refractivity contribution in [3.63, 3.8) is 0 Å². The Hall–Kier alpha value is -0.290. The van der Waals surface area contributed by atoms with E-state index in [1.54, 1.807) is 6.07 Å². The maximum absolute atomic E-state index is 12.5. The van der Waals surface area contributed by atoms with Crippen LogP contribution < -0.4 is 5.73 Å². The van der Waals surface area contributed by atoms with Gasteiger partial charge in [-0.1, -0.05) is 36.0 Å². The third-order valence-electron chi connectivity index (χ3n) is 3.35. The van der Waals surface area contributed by atoms with E-state index in [0.717, 1.165) is 19.3 Å². The summed E-state index contributed by atoms with van der Waals surface area (Å²) in [5.74, 6) is 0. The zero-order valence-electron chi connectivity index (χ0n) is 9.77. The standard InChI is InChI=1S/C12H15Cl2NO2S/c13-8-5-6-9(14)12(7-8)18(16,17)11-4-2-1-3-10(11)15/h5-7,10-11H,1-4,15H2. The molecule has 0 aliphatic heterocycles. The van der Waals surface area contributed by atoms with E-state index in [4.69, 9.17) is 28.9 Å². The summed E-state index contributed by atoms with van der Waals surface area (Å²) < 4.78 is 25.1. The van der Waals surface area contributed by atoms with Gasteiger partial charge in [0, 0.05) is 11.1 Å². The van der Waals surface area contributed by atoms with Crippen LogP contribution in [0, 0.1) is 0 Å². The predicted molar refractivity (Wildman–Crippen MR) is 73.9 cm³/mol. The fourth-order valence-corrected chi connectivity index (χ4v) is 5.08. The van der Waals surface area contributed by atoms with Crippen molar-refractivity contribution in [3.05, 3.63) is 28.2 Å². The highest BCUT2D eigenvalue weighted by Gasteiger charge is 2.35. The predicted octanol–water partition coefficient (Wildman–Crippen LogP) is 3.04. The molecule has 1 fully saturated rings. The normalized spacial score (nSPS) is 25.1. The monoisotopic (exact) mass is 307 g/mol. The number of nitrogens with two attached hydrogens (primary N) is 1. The average molecular weight is 308 g/mol. The fraction of sp³-hybridized carbons (Fsp3) is 0.500. The SMILES string of the molecule is NC1CCCCC1S(=O)(=O)c1cc(Cl)ccc1Cl. The largest absolute Gasteiger partial charge is 0.327 e. The lowest BCUT2D eigenvalue weighted by Crippen LogP contribution is -2.42. The van der Waals surface area contributed by atoms with Crippen molar-refractivity contribution in [2.24, 2.45) is 5.73 Å². The van der Waals surface area contributed by atoms with Crippen molar-refractivity contribution < 1.29 is 8.42 Å². The first kappa shape index (κ1) is 14.1. The van der Waals surface area contributed by atoms with Crippen molar-refractivity contribution >= 4 is 33.0 Å². The van der Waals surface area contributed by atoms with Crippen LogP contribution >= 0.6 is 23.2 Å². The Morgan fingerprint density at radius 3 is 2.50 bits per heavy atom. The molecule has 0 saturated heterocycles. The van der Waals surface area contributed by atoms with E-state index in [1.165, 1.54) is 12.1 Å². The molecule has 2 atom stereocenters. The van der Waals surface area contributed by atoms with E-state index >= 15 is 0 Å². The molecular formula is C12H15Cl2NO2S. The van der Waals surface area contributed by atoms with Crippen LogP contribution in [0.25, 0.3) is 0 Å². The van der Waals surface area contributed by atoms with Crippen molar-refractivity contribution in [1.82, 2.24) is 0 Å². The lowest BCUT2D eigenvalue weighted by atomic mass is 9.96. The van der Waals surface area contributed by atoms with Gasteiger partial charge in [0.25, 0.3) is 0 Å². The van der Waals surface area contributed by atoms with Crippen LogP contribution in [0.15, 0.2) is 23.1 Å². The van der Waals surface area contributed by atoms with E-state index in [0.29, 0.717) is 11.4 Å². The van der Waals surface area contributed by atoms with Crippen LogP contribution in [0.4, 0.5) is 0 Å². The highest BCUT2D eigenvalue weighted by Crippen LogP contribution is 2.33. The molecule has 6 heteroatoms. The Labute approximate surface area is 117 Å². The minimum absolute atomic E-state index is 0.0963. The maximum Gasteiger partial charge on any atom is 0.184 e. The Kier molecular flexibility index (Phi) is 4.22. The fourth-order valence-electron chi connectivity index (χ4n) is 2.37. The highest BCUT2D eigenvalue weighted by atomic mass is 35.5. The molecule has 2 unspecified atom stereocenters. The summed E-state index contributed by atoms with van der Waals surface area (Å²) >= 11 is 11.8. The second-order valence-electron chi connectivity index (χ2n) is 4.61. The topological polar surface area (TPSA) is 60.2 Å². The maximum atomic E-state index is 12.5. The Morgan fingerprint density at radius 1 is 1.17 bits per heavy atom. The molecule has 2 rings (SSSR count). The van der Waals surface area contributed by atoms with Gasteiger partial charge in [-0.15, -0.1) is 0 Å². The van der Waals surface area contributed by atoms with E-state index < -0.39 is 15.1 Å². The van der Waals surface area contributed by atoms with Crippen LogP contribution in [0.1, 0.15) is 25.7 Å². The van der Waals surface area contributed by atoms with Gasteiger partial charge in [-0.3, -0.25) is 0 Å². The first-order valence-corrected chi connectivity index (χ1v) is 8.17. The van der Waals surface area contributed by atoms with E-state index in [1.807, 2.05) is 0 Å². The molecule has 0 aromatic heterocycles. The highest BCUT2D eigenvalue weighted by molar-refractivity contribution is 7.92. The molecule has 0 bridgehead atoms. The molecule has 0 heterocycles. The molecule has 0 amide bonds. The minimum Gasteiger partial charge on any atom is -0.327 e. The van der Waals surface area contributed by atoms with Crippen molar-refractivity contribution in [3.8, 4) is 0 Å². The van der Waals surface area contributed by atoms with Crippen LogP contribution in [-0.2, 0) is 9.84 Å².